The highest BCUT2D eigenvalue weighted by Gasteiger charge is 2.27. The van der Waals surface area contributed by atoms with Gasteiger partial charge in [-0.2, -0.15) is 0 Å². The fourth-order valence-electron chi connectivity index (χ4n) is 2.10. The monoisotopic (exact) mass is 330 g/mol. The maximum atomic E-state index is 12.5. The molecule has 0 bridgehead atoms. The molecule has 0 spiro atoms. The molecule has 0 unspecified atom stereocenters. The van der Waals surface area contributed by atoms with Crippen LogP contribution in [-0.4, -0.2) is 48.8 Å². The molecule has 2 rings (SSSR count). The number of rotatable bonds is 1. The van der Waals surface area contributed by atoms with Crippen LogP contribution < -0.4 is 0 Å². The Labute approximate surface area is 130 Å². The highest BCUT2D eigenvalue weighted by atomic mass is 35.5. The van der Waals surface area contributed by atoms with Crippen LogP contribution in [0.1, 0.15) is 36.8 Å². The van der Waals surface area contributed by atoms with Gasteiger partial charge in [0.15, 0.2) is 9.84 Å². The second kappa shape index (κ2) is 5.57. The van der Waals surface area contributed by atoms with Gasteiger partial charge in [-0.1, -0.05) is 32.4 Å². The van der Waals surface area contributed by atoms with Crippen molar-refractivity contribution >= 4 is 27.3 Å². The summed E-state index contributed by atoms with van der Waals surface area (Å²) in [6.45, 7) is 6.44. The Hall–Kier alpha value is -1.14. The van der Waals surface area contributed by atoms with Gasteiger partial charge in [-0.05, 0) is 12.1 Å². The lowest BCUT2D eigenvalue weighted by Gasteiger charge is -2.27. The van der Waals surface area contributed by atoms with E-state index in [1.807, 2.05) is 20.8 Å². The Kier molecular flexibility index (Phi) is 4.31. The largest absolute Gasteiger partial charge is 0.337 e. The number of carbonyl (C=O) groups is 1. The van der Waals surface area contributed by atoms with Gasteiger partial charge in [0, 0.05) is 29.8 Å². The summed E-state index contributed by atoms with van der Waals surface area (Å²) < 4.78 is 22.9. The predicted molar refractivity (Wildman–Crippen MR) is 82.5 cm³/mol. The molecule has 0 aromatic carbocycles. The van der Waals surface area contributed by atoms with E-state index in [0.29, 0.717) is 5.56 Å². The topological polar surface area (TPSA) is 67.3 Å². The van der Waals surface area contributed by atoms with E-state index in [1.165, 1.54) is 6.07 Å². The van der Waals surface area contributed by atoms with Gasteiger partial charge in [0.25, 0.3) is 5.91 Å². The Morgan fingerprint density at radius 2 is 1.81 bits per heavy atom. The minimum Gasteiger partial charge on any atom is -0.337 e. The minimum atomic E-state index is -3.00. The van der Waals surface area contributed by atoms with Crippen LogP contribution in [0.25, 0.3) is 0 Å². The molecule has 1 fully saturated rings. The SMILES string of the molecule is CC(C)(C)c1cc(C(=O)N2CCS(=O)(=O)CC2)cc(Cl)n1. The first-order valence-corrected chi connectivity index (χ1v) is 8.96. The van der Waals surface area contributed by atoms with Crippen molar-refractivity contribution in [1.29, 1.82) is 0 Å². The molecule has 0 radical (unpaired) electrons. The molecule has 1 aromatic heterocycles. The van der Waals surface area contributed by atoms with Gasteiger partial charge in [0.2, 0.25) is 0 Å². The van der Waals surface area contributed by atoms with Crippen LogP contribution in [0.2, 0.25) is 5.15 Å². The third-order valence-corrected chi connectivity index (χ3v) is 5.24. The summed E-state index contributed by atoms with van der Waals surface area (Å²) in [5.74, 6) is -0.160. The Balaban J connectivity index is 2.26. The summed E-state index contributed by atoms with van der Waals surface area (Å²) in [7, 11) is -3.00. The molecule has 7 heteroatoms. The van der Waals surface area contributed by atoms with E-state index in [-0.39, 0.29) is 41.1 Å². The number of sulfone groups is 1. The van der Waals surface area contributed by atoms with Crippen molar-refractivity contribution in [2.45, 2.75) is 26.2 Å². The Bertz CT molecular complexity index is 651. The second-order valence-electron chi connectivity index (χ2n) is 6.26. The fourth-order valence-corrected chi connectivity index (χ4v) is 3.51. The van der Waals surface area contributed by atoms with Crippen LogP contribution in [0.5, 0.6) is 0 Å². The third kappa shape index (κ3) is 3.95. The molecule has 5 nitrogen and oxygen atoms in total. The van der Waals surface area contributed by atoms with Crippen molar-refractivity contribution in [2.75, 3.05) is 24.6 Å². The molecule has 2 heterocycles. The zero-order chi connectivity index (χ0) is 15.8. The van der Waals surface area contributed by atoms with Crippen molar-refractivity contribution in [1.82, 2.24) is 9.88 Å². The van der Waals surface area contributed by atoms with Crippen molar-refractivity contribution < 1.29 is 13.2 Å². The first-order valence-electron chi connectivity index (χ1n) is 6.76. The van der Waals surface area contributed by atoms with E-state index in [2.05, 4.69) is 4.98 Å². The third-order valence-electron chi connectivity index (χ3n) is 3.44. The molecule has 1 aliphatic heterocycles. The summed E-state index contributed by atoms with van der Waals surface area (Å²) in [6.07, 6.45) is 0. The molecular formula is C14H19ClN2O3S. The average molecular weight is 331 g/mol. The maximum absolute atomic E-state index is 12.5. The van der Waals surface area contributed by atoms with E-state index in [0.717, 1.165) is 5.69 Å². The number of amides is 1. The lowest BCUT2D eigenvalue weighted by molar-refractivity contribution is 0.0770. The van der Waals surface area contributed by atoms with Gasteiger partial charge in [0.1, 0.15) is 5.15 Å². The lowest BCUT2D eigenvalue weighted by Crippen LogP contribution is -2.43. The summed E-state index contributed by atoms with van der Waals surface area (Å²) in [5, 5.41) is 0.274. The van der Waals surface area contributed by atoms with Crippen LogP contribution >= 0.6 is 11.6 Å². The summed E-state index contributed by atoms with van der Waals surface area (Å²) >= 11 is 6.01. The number of hydrogen-bond donors (Lipinski definition) is 0. The zero-order valence-corrected chi connectivity index (χ0v) is 14.0. The van der Waals surface area contributed by atoms with Crippen molar-refractivity contribution in [3.63, 3.8) is 0 Å². The molecule has 0 N–H and O–H groups in total. The van der Waals surface area contributed by atoms with Crippen molar-refractivity contribution in [3.05, 3.63) is 28.5 Å². The van der Waals surface area contributed by atoms with Gasteiger partial charge in [-0.3, -0.25) is 4.79 Å². The van der Waals surface area contributed by atoms with Crippen LogP contribution in [-0.2, 0) is 15.3 Å². The van der Waals surface area contributed by atoms with E-state index in [1.54, 1.807) is 11.0 Å². The smallest absolute Gasteiger partial charge is 0.254 e. The van der Waals surface area contributed by atoms with Crippen LogP contribution in [0.3, 0.4) is 0 Å². The van der Waals surface area contributed by atoms with E-state index >= 15 is 0 Å². The minimum absolute atomic E-state index is 0.0175. The highest BCUT2D eigenvalue weighted by Crippen LogP contribution is 2.24. The highest BCUT2D eigenvalue weighted by molar-refractivity contribution is 7.91. The summed E-state index contributed by atoms with van der Waals surface area (Å²) in [5.41, 5.74) is 0.979. The predicted octanol–water partition coefficient (Wildman–Crippen LogP) is 1.90. The normalized spacial score (nSPS) is 18.6. The summed E-state index contributed by atoms with van der Waals surface area (Å²) in [6, 6.07) is 3.26. The van der Waals surface area contributed by atoms with Crippen LogP contribution in [0.4, 0.5) is 0 Å². The van der Waals surface area contributed by atoms with Crippen molar-refractivity contribution in [2.24, 2.45) is 0 Å². The number of hydrogen-bond acceptors (Lipinski definition) is 4. The van der Waals surface area contributed by atoms with Gasteiger partial charge in [0.05, 0.1) is 11.5 Å². The number of pyridine rings is 1. The first kappa shape index (κ1) is 16.2. The molecular weight excluding hydrogens is 312 g/mol. The molecule has 1 saturated heterocycles. The van der Waals surface area contributed by atoms with Crippen LogP contribution in [0, 0.1) is 0 Å². The molecule has 0 aliphatic carbocycles. The van der Waals surface area contributed by atoms with Gasteiger partial charge >= 0.3 is 0 Å². The van der Waals surface area contributed by atoms with Gasteiger partial charge in [-0.25, -0.2) is 13.4 Å². The molecule has 1 aromatic rings. The van der Waals surface area contributed by atoms with Crippen LogP contribution in [0.15, 0.2) is 12.1 Å². The van der Waals surface area contributed by atoms with E-state index < -0.39 is 9.84 Å². The second-order valence-corrected chi connectivity index (χ2v) is 8.95. The first-order chi connectivity index (χ1) is 9.58. The van der Waals surface area contributed by atoms with E-state index in [4.69, 9.17) is 11.6 Å². The van der Waals surface area contributed by atoms with Crippen molar-refractivity contribution in [3.8, 4) is 0 Å². The lowest BCUT2D eigenvalue weighted by atomic mass is 9.91. The molecule has 0 saturated carbocycles. The van der Waals surface area contributed by atoms with Gasteiger partial charge in [-0.15, -0.1) is 0 Å². The Morgan fingerprint density at radius 1 is 1.24 bits per heavy atom. The Morgan fingerprint density at radius 3 is 2.33 bits per heavy atom. The number of carbonyl (C=O) groups excluding carboxylic acids is 1. The van der Waals surface area contributed by atoms with E-state index in [9.17, 15) is 13.2 Å². The quantitative estimate of drug-likeness (QED) is 0.738. The molecule has 1 amide bonds. The van der Waals surface area contributed by atoms with Gasteiger partial charge < -0.3 is 4.90 Å². The number of nitrogens with zero attached hydrogens (tertiary/aromatic N) is 2. The fraction of sp³-hybridized carbons (Fsp3) is 0.571. The molecule has 0 atom stereocenters. The average Bonchev–Trinajstić information content (AvgIpc) is 2.36. The number of halogens is 1. The maximum Gasteiger partial charge on any atom is 0.254 e. The molecule has 116 valence electrons. The number of aromatic nitrogens is 1. The summed E-state index contributed by atoms with van der Waals surface area (Å²) in [4.78, 5) is 18.3. The molecule has 1 aliphatic rings. The zero-order valence-electron chi connectivity index (χ0n) is 12.4. The standard InChI is InChI=1S/C14H19ClN2O3S/c1-14(2,3)11-8-10(9-12(15)16-11)13(18)17-4-6-21(19,20)7-5-17/h8-9H,4-7H2,1-3H3. The molecule has 21 heavy (non-hydrogen) atoms.